The van der Waals surface area contributed by atoms with Crippen LogP contribution in [0, 0.1) is 0 Å². The molecule has 2 aromatic carbocycles. The molecule has 0 unspecified atom stereocenters. The van der Waals surface area contributed by atoms with Crippen molar-refractivity contribution < 1.29 is 4.79 Å². The second-order valence-electron chi connectivity index (χ2n) is 6.69. The van der Waals surface area contributed by atoms with Gasteiger partial charge in [-0.3, -0.25) is 4.79 Å². The third kappa shape index (κ3) is 3.90. The van der Waals surface area contributed by atoms with Gasteiger partial charge in [-0.15, -0.1) is 0 Å². The van der Waals surface area contributed by atoms with Crippen LogP contribution in [0.4, 0.5) is 5.82 Å². The van der Waals surface area contributed by atoms with Gasteiger partial charge in [0.05, 0.1) is 10.5 Å². The first kappa shape index (κ1) is 20.0. The summed E-state index contributed by atoms with van der Waals surface area (Å²) in [5.74, 6) is 0.749. The molecule has 2 heterocycles. The van der Waals surface area contributed by atoms with Crippen molar-refractivity contribution in [3.05, 3.63) is 64.4 Å². The van der Waals surface area contributed by atoms with Crippen molar-refractivity contribution in [2.45, 2.75) is 0 Å². The predicted octanol–water partition coefficient (Wildman–Crippen LogP) is 5.09. The molecule has 8 heteroatoms. The minimum atomic E-state index is -0.0538. The number of carbonyl (C=O) groups is 1. The number of nitrogens with zero attached hydrogens (tertiary/aromatic N) is 4. The highest BCUT2D eigenvalue weighted by atomic mass is 35.5. The number of amides is 1. The lowest BCUT2D eigenvalue weighted by Gasteiger charge is -2.35. The molecule has 1 aliphatic heterocycles. The van der Waals surface area contributed by atoms with Crippen LogP contribution in [0.25, 0.3) is 22.0 Å². The molecule has 5 nitrogen and oxygen atoms in total. The Labute approximate surface area is 183 Å². The Morgan fingerprint density at radius 3 is 2.41 bits per heavy atom. The number of piperazine rings is 1. The molecule has 29 heavy (non-hydrogen) atoms. The van der Waals surface area contributed by atoms with Crippen LogP contribution in [0.3, 0.4) is 0 Å². The maximum atomic E-state index is 11.8. The summed E-state index contributed by atoms with van der Waals surface area (Å²) in [5.41, 5.74) is 2.26. The lowest BCUT2D eigenvalue weighted by Crippen LogP contribution is -2.48. The molecule has 0 N–H and O–H groups in total. The van der Waals surface area contributed by atoms with E-state index in [4.69, 9.17) is 34.8 Å². The van der Waals surface area contributed by atoms with E-state index in [1.807, 2.05) is 12.1 Å². The second-order valence-corrected chi connectivity index (χ2v) is 7.94. The highest BCUT2D eigenvalue weighted by Crippen LogP contribution is 2.38. The van der Waals surface area contributed by atoms with Crippen molar-refractivity contribution in [1.29, 1.82) is 0 Å². The maximum absolute atomic E-state index is 11.8. The SMILES string of the molecule is C=CC(=O)N1CCN(c2ncnc3cc(Cl)c(-c4cc(Cl)ccc4Cl)cc23)CC1. The zero-order chi connectivity index (χ0) is 20.5. The molecule has 0 saturated carbocycles. The van der Waals surface area contributed by atoms with Gasteiger partial charge in [0.25, 0.3) is 0 Å². The fourth-order valence-electron chi connectivity index (χ4n) is 3.49. The van der Waals surface area contributed by atoms with E-state index in [1.165, 1.54) is 12.4 Å². The summed E-state index contributed by atoms with van der Waals surface area (Å²) in [7, 11) is 0. The topological polar surface area (TPSA) is 49.3 Å². The number of aromatic nitrogens is 2. The molecule has 1 fully saturated rings. The van der Waals surface area contributed by atoms with Crippen molar-refractivity contribution in [2.75, 3.05) is 31.1 Å². The van der Waals surface area contributed by atoms with E-state index in [1.54, 1.807) is 23.1 Å². The number of rotatable bonds is 3. The standard InChI is InChI=1S/C21H17Cl3N4O/c1-2-20(29)27-5-7-28(8-6-27)21-16-10-15(14-9-13(22)3-4-17(14)23)18(24)11-19(16)25-12-26-21/h2-4,9-12H,1,5-8H2. The number of carbonyl (C=O) groups excluding carboxylic acids is 1. The van der Waals surface area contributed by atoms with E-state index in [-0.39, 0.29) is 5.91 Å². The average Bonchev–Trinajstić information content (AvgIpc) is 2.74. The lowest BCUT2D eigenvalue weighted by molar-refractivity contribution is -0.126. The molecule has 1 saturated heterocycles. The van der Waals surface area contributed by atoms with Gasteiger partial charge in [0, 0.05) is 52.7 Å². The fourth-order valence-corrected chi connectivity index (χ4v) is 4.15. The molecule has 0 radical (unpaired) electrons. The van der Waals surface area contributed by atoms with Gasteiger partial charge >= 0.3 is 0 Å². The minimum Gasteiger partial charge on any atom is -0.352 e. The average molecular weight is 448 g/mol. The lowest BCUT2D eigenvalue weighted by atomic mass is 10.0. The summed E-state index contributed by atoms with van der Waals surface area (Å²) in [6, 6.07) is 9.04. The molecule has 0 spiro atoms. The van der Waals surface area contributed by atoms with Crippen molar-refractivity contribution in [1.82, 2.24) is 14.9 Å². The van der Waals surface area contributed by atoms with Crippen molar-refractivity contribution in [3.63, 3.8) is 0 Å². The molecule has 1 aliphatic rings. The summed E-state index contributed by atoms with van der Waals surface area (Å²) < 4.78 is 0. The molecule has 148 valence electrons. The van der Waals surface area contributed by atoms with Gasteiger partial charge in [0.15, 0.2) is 0 Å². The molecule has 4 rings (SSSR count). The molecular formula is C21H17Cl3N4O. The summed E-state index contributed by atoms with van der Waals surface area (Å²) in [4.78, 5) is 24.7. The highest BCUT2D eigenvalue weighted by Gasteiger charge is 2.22. The predicted molar refractivity (Wildman–Crippen MR) is 119 cm³/mol. The van der Waals surface area contributed by atoms with Crippen LogP contribution in [0.2, 0.25) is 15.1 Å². The van der Waals surface area contributed by atoms with E-state index >= 15 is 0 Å². The summed E-state index contributed by atoms with van der Waals surface area (Å²) in [5, 5.41) is 2.54. The molecule has 0 aliphatic carbocycles. The van der Waals surface area contributed by atoms with Gasteiger partial charge in [-0.05, 0) is 36.4 Å². The van der Waals surface area contributed by atoms with Gasteiger partial charge < -0.3 is 9.80 Å². The quantitative estimate of drug-likeness (QED) is 0.525. The van der Waals surface area contributed by atoms with Gasteiger partial charge in [-0.1, -0.05) is 41.4 Å². The van der Waals surface area contributed by atoms with Crippen molar-refractivity contribution >= 4 is 57.4 Å². The second kappa shape index (κ2) is 8.19. The van der Waals surface area contributed by atoms with Gasteiger partial charge in [0.1, 0.15) is 12.1 Å². The zero-order valence-electron chi connectivity index (χ0n) is 15.4. The van der Waals surface area contributed by atoms with Crippen LogP contribution < -0.4 is 4.90 Å². The normalized spacial score (nSPS) is 14.3. The summed E-state index contributed by atoms with van der Waals surface area (Å²) in [6.07, 6.45) is 2.88. The van der Waals surface area contributed by atoms with Gasteiger partial charge in [0.2, 0.25) is 5.91 Å². The van der Waals surface area contributed by atoms with Crippen LogP contribution in [0.5, 0.6) is 0 Å². The highest BCUT2D eigenvalue weighted by molar-refractivity contribution is 6.38. The van der Waals surface area contributed by atoms with Crippen LogP contribution in [-0.4, -0.2) is 47.0 Å². The van der Waals surface area contributed by atoms with Crippen molar-refractivity contribution in [2.24, 2.45) is 0 Å². The van der Waals surface area contributed by atoms with Crippen molar-refractivity contribution in [3.8, 4) is 11.1 Å². The Hall–Kier alpha value is -2.34. The Morgan fingerprint density at radius 1 is 0.966 bits per heavy atom. The van der Waals surface area contributed by atoms with Crippen LogP contribution in [0.15, 0.2) is 49.3 Å². The maximum Gasteiger partial charge on any atom is 0.246 e. The van der Waals surface area contributed by atoms with E-state index in [0.29, 0.717) is 41.2 Å². The number of benzene rings is 2. The van der Waals surface area contributed by atoms with E-state index in [9.17, 15) is 4.79 Å². The molecule has 0 atom stereocenters. The number of hydrogen-bond acceptors (Lipinski definition) is 4. The monoisotopic (exact) mass is 446 g/mol. The number of halogens is 3. The van der Waals surface area contributed by atoms with E-state index in [2.05, 4.69) is 21.4 Å². The molecule has 3 aromatic rings. The zero-order valence-corrected chi connectivity index (χ0v) is 17.7. The molecule has 1 aromatic heterocycles. The van der Waals surface area contributed by atoms with Gasteiger partial charge in [-0.25, -0.2) is 9.97 Å². The Bertz CT molecular complexity index is 1110. The number of fused-ring (bicyclic) bond motifs is 1. The minimum absolute atomic E-state index is 0.0538. The number of hydrogen-bond donors (Lipinski definition) is 0. The summed E-state index contributed by atoms with van der Waals surface area (Å²) in [6.45, 7) is 6.11. The van der Waals surface area contributed by atoms with E-state index in [0.717, 1.165) is 27.8 Å². The third-order valence-electron chi connectivity index (χ3n) is 4.99. The van der Waals surface area contributed by atoms with Crippen LogP contribution in [0.1, 0.15) is 0 Å². The Kier molecular flexibility index (Phi) is 5.63. The Balaban J connectivity index is 1.76. The smallest absolute Gasteiger partial charge is 0.246 e. The fraction of sp³-hybridized carbons (Fsp3) is 0.190. The first-order chi connectivity index (χ1) is 14.0. The molecular weight excluding hydrogens is 431 g/mol. The first-order valence-electron chi connectivity index (χ1n) is 9.04. The largest absolute Gasteiger partial charge is 0.352 e. The Morgan fingerprint density at radius 2 is 1.69 bits per heavy atom. The van der Waals surface area contributed by atoms with Crippen LogP contribution in [-0.2, 0) is 4.79 Å². The summed E-state index contributed by atoms with van der Waals surface area (Å²) >= 11 is 19.1. The van der Waals surface area contributed by atoms with E-state index < -0.39 is 0 Å². The van der Waals surface area contributed by atoms with Gasteiger partial charge in [-0.2, -0.15) is 0 Å². The first-order valence-corrected chi connectivity index (χ1v) is 10.2. The number of anilines is 1. The van der Waals surface area contributed by atoms with Crippen LogP contribution >= 0.6 is 34.8 Å². The third-order valence-corrected chi connectivity index (χ3v) is 5.86. The molecule has 0 bridgehead atoms. The molecule has 1 amide bonds.